The van der Waals surface area contributed by atoms with Crippen molar-refractivity contribution in [3.8, 4) is 0 Å². The Labute approximate surface area is 128 Å². The Morgan fingerprint density at radius 1 is 1.53 bits per heavy atom. The fraction of sp³-hybridized carbons (Fsp3) is 0.538. The summed E-state index contributed by atoms with van der Waals surface area (Å²) in [6, 6.07) is 1.78. The SMILES string of the molecule is CCC(C)COC(=O)CCSc1ccnc(Cl)c1Cl. The summed E-state index contributed by atoms with van der Waals surface area (Å²) in [5.74, 6) is 0.841. The molecule has 1 heterocycles. The lowest BCUT2D eigenvalue weighted by atomic mass is 10.1. The minimum absolute atomic E-state index is 0.177. The number of carbonyl (C=O) groups is 1. The molecule has 106 valence electrons. The number of hydrogen-bond donors (Lipinski definition) is 0. The molecule has 3 nitrogen and oxygen atoms in total. The van der Waals surface area contributed by atoms with E-state index in [1.807, 2.05) is 0 Å². The molecular formula is C13H17Cl2NO2S. The first-order valence-corrected chi connectivity index (χ1v) is 7.87. The number of nitrogens with zero attached hydrogens (tertiary/aromatic N) is 1. The molecule has 0 amide bonds. The number of halogens is 2. The average molecular weight is 322 g/mol. The molecular weight excluding hydrogens is 305 g/mol. The van der Waals surface area contributed by atoms with Gasteiger partial charge in [-0.3, -0.25) is 4.79 Å². The molecule has 6 heteroatoms. The smallest absolute Gasteiger partial charge is 0.306 e. The van der Waals surface area contributed by atoms with Crippen molar-refractivity contribution in [2.75, 3.05) is 12.4 Å². The van der Waals surface area contributed by atoms with E-state index in [2.05, 4.69) is 18.8 Å². The molecule has 0 aliphatic carbocycles. The van der Waals surface area contributed by atoms with Gasteiger partial charge in [0.2, 0.25) is 0 Å². The van der Waals surface area contributed by atoms with E-state index < -0.39 is 0 Å². The fourth-order valence-electron chi connectivity index (χ4n) is 1.18. The summed E-state index contributed by atoms with van der Waals surface area (Å²) >= 11 is 13.3. The molecule has 0 aromatic carbocycles. The van der Waals surface area contributed by atoms with Crippen LogP contribution in [0, 0.1) is 5.92 Å². The lowest BCUT2D eigenvalue weighted by Crippen LogP contribution is -2.11. The molecule has 0 spiro atoms. The van der Waals surface area contributed by atoms with E-state index in [9.17, 15) is 4.79 Å². The number of carbonyl (C=O) groups excluding carboxylic acids is 1. The molecule has 0 saturated heterocycles. The molecule has 0 fully saturated rings. The second-order valence-electron chi connectivity index (χ2n) is 4.21. The second-order valence-corrected chi connectivity index (χ2v) is 6.08. The Balaban J connectivity index is 2.30. The molecule has 0 aliphatic heterocycles. The van der Waals surface area contributed by atoms with Gasteiger partial charge >= 0.3 is 5.97 Å². The average Bonchev–Trinajstić information content (AvgIpc) is 2.40. The fourth-order valence-corrected chi connectivity index (χ4v) is 2.54. The van der Waals surface area contributed by atoms with Crippen molar-refractivity contribution in [3.05, 3.63) is 22.4 Å². The molecule has 1 aromatic rings. The van der Waals surface area contributed by atoms with Gasteiger partial charge in [-0.25, -0.2) is 4.98 Å². The number of aromatic nitrogens is 1. The Hall–Kier alpha value is -0.450. The number of esters is 1. The van der Waals surface area contributed by atoms with E-state index >= 15 is 0 Å². The molecule has 0 radical (unpaired) electrons. The maximum absolute atomic E-state index is 11.5. The number of hydrogen-bond acceptors (Lipinski definition) is 4. The summed E-state index contributed by atoms with van der Waals surface area (Å²) in [6.45, 7) is 4.62. The highest BCUT2D eigenvalue weighted by molar-refractivity contribution is 7.99. The second kappa shape index (κ2) is 8.67. The van der Waals surface area contributed by atoms with Gasteiger partial charge in [0.05, 0.1) is 18.1 Å². The van der Waals surface area contributed by atoms with Gasteiger partial charge in [0, 0.05) is 16.8 Å². The van der Waals surface area contributed by atoms with E-state index in [-0.39, 0.29) is 11.1 Å². The Bertz CT molecular complexity index is 429. The van der Waals surface area contributed by atoms with Gasteiger partial charge in [-0.15, -0.1) is 11.8 Å². The first-order valence-electron chi connectivity index (χ1n) is 6.13. The molecule has 0 bridgehead atoms. The number of thioether (sulfide) groups is 1. The molecule has 1 rings (SSSR count). The van der Waals surface area contributed by atoms with Crippen molar-refractivity contribution in [1.82, 2.24) is 4.98 Å². The molecule has 0 aliphatic rings. The van der Waals surface area contributed by atoms with Crippen LogP contribution in [0.2, 0.25) is 10.2 Å². The van der Waals surface area contributed by atoms with Gasteiger partial charge < -0.3 is 4.74 Å². The van der Waals surface area contributed by atoms with Gasteiger partial charge in [0.25, 0.3) is 0 Å². The minimum Gasteiger partial charge on any atom is -0.465 e. The standard InChI is InChI=1S/C13H17Cl2NO2S/c1-3-9(2)8-18-11(17)5-7-19-10-4-6-16-13(15)12(10)14/h4,6,9H,3,5,7-8H2,1-2H3. The summed E-state index contributed by atoms with van der Waals surface area (Å²) < 4.78 is 5.16. The van der Waals surface area contributed by atoms with Crippen LogP contribution in [-0.4, -0.2) is 23.3 Å². The minimum atomic E-state index is -0.177. The molecule has 19 heavy (non-hydrogen) atoms. The quantitative estimate of drug-likeness (QED) is 0.422. The number of ether oxygens (including phenoxy) is 1. The predicted octanol–water partition coefficient (Wildman–Crippen LogP) is 4.46. The summed E-state index contributed by atoms with van der Waals surface area (Å²) in [5, 5.41) is 0.716. The Morgan fingerprint density at radius 2 is 2.26 bits per heavy atom. The molecule has 0 N–H and O–H groups in total. The third kappa shape index (κ3) is 6.02. The van der Waals surface area contributed by atoms with Crippen molar-refractivity contribution in [2.45, 2.75) is 31.6 Å². The highest BCUT2D eigenvalue weighted by atomic mass is 35.5. The van der Waals surface area contributed by atoms with Crippen molar-refractivity contribution in [2.24, 2.45) is 5.92 Å². The largest absolute Gasteiger partial charge is 0.465 e. The highest BCUT2D eigenvalue weighted by Gasteiger charge is 2.09. The van der Waals surface area contributed by atoms with E-state index in [0.29, 0.717) is 29.7 Å². The van der Waals surface area contributed by atoms with Crippen molar-refractivity contribution >= 4 is 40.9 Å². The van der Waals surface area contributed by atoms with Crippen LogP contribution in [0.15, 0.2) is 17.2 Å². The van der Waals surface area contributed by atoms with E-state index in [4.69, 9.17) is 27.9 Å². The van der Waals surface area contributed by atoms with Gasteiger partial charge in [0.15, 0.2) is 0 Å². The molecule has 0 saturated carbocycles. The molecule has 1 aromatic heterocycles. The van der Waals surface area contributed by atoms with Crippen LogP contribution >= 0.6 is 35.0 Å². The Kier molecular flexibility index (Phi) is 7.57. The van der Waals surface area contributed by atoms with Crippen LogP contribution in [0.5, 0.6) is 0 Å². The zero-order chi connectivity index (χ0) is 14.3. The highest BCUT2D eigenvalue weighted by Crippen LogP contribution is 2.31. The number of pyridine rings is 1. The normalized spacial score (nSPS) is 12.2. The van der Waals surface area contributed by atoms with Crippen LogP contribution in [0.4, 0.5) is 0 Å². The van der Waals surface area contributed by atoms with Crippen LogP contribution in [0.1, 0.15) is 26.7 Å². The van der Waals surface area contributed by atoms with E-state index in [0.717, 1.165) is 11.3 Å². The van der Waals surface area contributed by atoms with Crippen molar-refractivity contribution in [3.63, 3.8) is 0 Å². The van der Waals surface area contributed by atoms with E-state index in [1.165, 1.54) is 11.8 Å². The summed E-state index contributed by atoms with van der Waals surface area (Å²) in [7, 11) is 0. The van der Waals surface area contributed by atoms with Crippen LogP contribution in [0.25, 0.3) is 0 Å². The molecule has 1 unspecified atom stereocenters. The summed E-state index contributed by atoms with van der Waals surface area (Å²) in [5.41, 5.74) is 0. The van der Waals surface area contributed by atoms with Gasteiger partial charge in [0.1, 0.15) is 5.15 Å². The monoisotopic (exact) mass is 321 g/mol. The predicted molar refractivity (Wildman–Crippen MR) is 80.0 cm³/mol. The summed E-state index contributed by atoms with van der Waals surface area (Å²) in [6.07, 6.45) is 2.96. The maximum atomic E-state index is 11.5. The maximum Gasteiger partial charge on any atom is 0.306 e. The zero-order valence-electron chi connectivity index (χ0n) is 11.0. The Morgan fingerprint density at radius 3 is 2.95 bits per heavy atom. The third-order valence-electron chi connectivity index (χ3n) is 2.60. The van der Waals surface area contributed by atoms with E-state index in [1.54, 1.807) is 12.3 Å². The lowest BCUT2D eigenvalue weighted by molar-refractivity contribution is -0.144. The third-order valence-corrected chi connectivity index (χ3v) is 4.54. The van der Waals surface area contributed by atoms with Crippen molar-refractivity contribution in [1.29, 1.82) is 0 Å². The molecule has 1 atom stereocenters. The van der Waals surface area contributed by atoms with Crippen LogP contribution in [-0.2, 0) is 9.53 Å². The summed E-state index contributed by atoms with van der Waals surface area (Å²) in [4.78, 5) is 16.2. The zero-order valence-corrected chi connectivity index (χ0v) is 13.3. The van der Waals surface area contributed by atoms with Gasteiger partial charge in [-0.05, 0) is 12.0 Å². The van der Waals surface area contributed by atoms with Crippen LogP contribution < -0.4 is 0 Å². The lowest BCUT2D eigenvalue weighted by Gasteiger charge is -2.09. The first kappa shape index (κ1) is 16.6. The number of rotatable bonds is 7. The van der Waals surface area contributed by atoms with Gasteiger partial charge in [-0.1, -0.05) is 43.5 Å². The topological polar surface area (TPSA) is 39.2 Å². The first-order chi connectivity index (χ1) is 9.04. The van der Waals surface area contributed by atoms with Crippen molar-refractivity contribution < 1.29 is 9.53 Å². The van der Waals surface area contributed by atoms with Gasteiger partial charge in [-0.2, -0.15) is 0 Å². The van der Waals surface area contributed by atoms with Crippen LogP contribution in [0.3, 0.4) is 0 Å².